The zero-order valence-electron chi connectivity index (χ0n) is 13.0. The quantitative estimate of drug-likeness (QED) is 0.930. The molecular formula is C16H23NO4. The average molecular weight is 293 g/mol. The minimum atomic E-state index is -0.598. The Hall–Kier alpha value is -1.75. The van der Waals surface area contributed by atoms with Crippen LogP contribution in [-0.4, -0.2) is 41.9 Å². The maximum atomic E-state index is 11.8. The molecule has 1 aromatic rings. The standard InChI is InChI=1S/C16H23NO4/c1-16(2,3)21-15(19)17-9-12(10-17)14(18)11-6-5-7-13(8-11)20-4/h5-8,12,14,18H,9-10H2,1-4H3. The van der Waals surface area contributed by atoms with Gasteiger partial charge in [0.15, 0.2) is 0 Å². The molecule has 0 radical (unpaired) electrons. The molecule has 1 atom stereocenters. The number of likely N-dealkylation sites (tertiary alicyclic amines) is 1. The van der Waals surface area contributed by atoms with E-state index in [1.807, 2.05) is 45.0 Å². The molecule has 1 aromatic carbocycles. The van der Waals surface area contributed by atoms with Gasteiger partial charge in [-0.15, -0.1) is 0 Å². The van der Waals surface area contributed by atoms with Crippen LogP contribution in [-0.2, 0) is 4.74 Å². The van der Waals surface area contributed by atoms with Gasteiger partial charge < -0.3 is 19.5 Å². The molecule has 2 rings (SSSR count). The summed E-state index contributed by atoms with van der Waals surface area (Å²) < 4.78 is 10.5. The molecular weight excluding hydrogens is 270 g/mol. The summed E-state index contributed by atoms with van der Waals surface area (Å²) in [6.45, 7) is 6.54. The van der Waals surface area contributed by atoms with Crippen LogP contribution in [0.4, 0.5) is 4.79 Å². The van der Waals surface area contributed by atoms with E-state index >= 15 is 0 Å². The average Bonchev–Trinajstić information content (AvgIpc) is 2.34. The molecule has 0 aromatic heterocycles. The monoisotopic (exact) mass is 293 g/mol. The second-order valence-electron chi connectivity index (χ2n) is 6.37. The molecule has 21 heavy (non-hydrogen) atoms. The summed E-state index contributed by atoms with van der Waals surface area (Å²) in [5.41, 5.74) is 0.316. The molecule has 1 N–H and O–H groups in total. The summed E-state index contributed by atoms with van der Waals surface area (Å²) in [7, 11) is 1.60. The van der Waals surface area contributed by atoms with Crippen molar-refractivity contribution in [1.29, 1.82) is 0 Å². The highest BCUT2D eigenvalue weighted by molar-refractivity contribution is 5.69. The molecule has 1 heterocycles. The van der Waals surface area contributed by atoms with E-state index in [1.54, 1.807) is 12.0 Å². The number of aliphatic hydroxyl groups is 1. The fourth-order valence-corrected chi connectivity index (χ4v) is 2.29. The maximum Gasteiger partial charge on any atom is 0.410 e. The number of carbonyl (C=O) groups excluding carboxylic acids is 1. The number of amides is 1. The molecule has 1 fully saturated rings. The molecule has 0 bridgehead atoms. The first-order valence-corrected chi connectivity index (χ1v) is 7.10. The third-order valence-corrected chi connectivity index (χ3v) is 3.44. The molecule has 0 aliphatic carbocycles. The summed E-state index contributed by atoms with van der Waals surface area (Å²) >= 11 is 0. The molecule has 116 valence electrons. The van der Waals surface area contributed by atoms with Gasteiger partial charge in [0.1, 0.15) is 11.4 Å². The number of carbonyl (C=O) groups is 1. The number of ether oxygens (including phenoxy) is 2. The summed E-state index contributed by atoms with van der Waals surface area (Å²) in [6.07, 6.45) is -0.921. The van der Waals surface area contributed by atoms with E-state index in [-0.39, 0.29) is 12.0 Å². The van der Waals surface area contributed by atoms with Crippen LogP contribution in [0.1, 0.15) is 32.4 Å². The highest BCUT2D eigenvalue weighted by Crippen LogP contribution is 2.32. The normalized spacial score (nSPS) is 17.1. The van der Waals surface area contributed by atoms with Crippen molar-refractivity contribution in [3.63, 3.8) is 0 Å². The number of aliphatic hydroxyl groups excluding tert-OH is 1. The number of benzene rings is 1. The van der Waals surface area contributed by atoms with E-state index in [0.29, 0.717) is 13.1 Å². The van der Waals surface area contributed by atoms with E-state index in [0.717, 1.165) is 11.3 Å². The lowest BCUT2D eigenvalue weighted by Gasteiger charge is -2.42. The fourth-order valence-electron chi connectivity index (χ4n) is 2.29. The molecule has 1 aliphatic heterocycles. The van der Waals surface area contributed by atoms with Gasteiger partial charge in [-0.1, -0.05) is 12.1 Å². The Balaban J connectivity index is 1.90. The molecule has 0 saturated carbocycles. The first kappa shape index (κ1) is 15.6. The van der Waals surface area contributed by atoms with E-state index in [4.69, 9.17) is 9.47 Å². The van der Waals surface area contributed by atoms with Crippen LogP contribution in [0.5, 0.6) is 5.75 Å². The van der Waals surface area contributed by atoms with Crippen LogP contribution in [0.3, 0.4) is 0 Å². The highest BCUT2D eigenvalue weighted by Gasteiger charge is 2.38. The minimum absolute atomic E-state index is 0.0321. The van der Waals surface area contributed by atoms with Crippen molar-refractivity contribution in [1.82, 2.24) is 4.90 Å². The Morgan fingerprint density at radius 2 is 2.05 bits per heavy atom. The largest absolute Gasteiger partial charge is 0.497 e. The number of nitrogens with zero attached hydrogens (tertiary/aromatic N) is 1. The van der Waals surface area contributed by atoms with Crippen molar-refractivity contribution in [3.8, 4) is 5.75 Å². The molecule has 1 unspecified atom stereocenters. The van der Waals surface area contributed by atoms with E-state index in [1.165, 1.54) is 0 Å². The number of hydrogen-bond acceptors (Lipinski definition) is 4. The van der Waals surface area contributed by atoms with Crippen LogP contribution >= 0.6 is 0 Å². The van der Waals surface area contributed by atoms with E-state index in [9.17, 15) is 9.90 Å². The topological polar surface area (TPSA) is 59.0 Å². The van der Waals surface area contributed by atoms with Crippen LogP contribution in [0.2, 0.25) is 0 Å². The number of rotatable bonds is 3. The van der Waals surface area contributed by atoms with Gasteiger partial charge in [-0.3, -0.25) is 0 Å². The van der Waals surface area contributed by atoms with E-state index < -0.39 is 11.7 Å². The number of methoxy groups -OCH3 is 1. The van der Waals surface area contributed by atoms with Crippen LogP contribution in [0.15, 0.2) is 24.3 Å². The molecule has 1 saturated heterocycles. The second kappa shape index (κ2) is 5.93. The van der Waals surface area contributed by atoms with Crippen molar-refractivity contribution in [3.05, 3.63) is 29.8 Å². The van der Waals surface area contributed by atoms with Gasteiger partial charge in [0.2, 0.25) is 0 Å². The Bertz CT molecular complexity index is 503. The zero-order valence-corrected chi connectivity index (χ0v) is 13.0. The summed E-state index contributed by atoms with van der Waals surface area (Å²) in [5, 5.41) is 10.4. The second-order valence-corrected chi connectivity index (χ2v) is 6.37. The summed E-state index contributed by atoms with van der Waals surface area (Å²) in [6, 6.07) is 7.37. The zero-order chi connectivity index (χ0) is 15.6. The SMILES string of the molecule is COc1cccc(C(O)C2CN(C(=O)OC(C)(C)C)C2)c1. The Kier molecular flexibility index (Phi) is 4.42. The third kappa shape index (κ3) is 3.88. The summed E-state index contributed by atoms with van der Waals surface area (Å²) in [5.74, 6) is 0.750. The predicted molar refractivity (Wildman–Crippen MR) is 79.3 cm³/mol. The molecule has 1 amide bonds. The maximum absolute atomic E-state index is 11.8. The lowest BCUT2D eigenvalue weighted by molar-refractivity contribution is -0.0314. The molecule has 5 heteroatoms. The number of hydrogen-bond donors (Lipinski definition) is 1. The van der Waals surface area contributed by atoms with Crippen LogP contribution in [0.25, 0.3) is 0 Å². The molecule has 0 spiro atoms. The van der Waals surface area contributed by atoms with Crippen LogP contribution in [0, 0.1) is 5.92 Å². The van der Waals surface area contributed by atoms with E-state index in [2.05, 4.69) is 0 Å². The van der Waals surface area contributed by atoms with Gasteiger partial charge in [-0.05, 0) is 38.5 Å². The third-order valence-electron chi connectivity index (χ3n) is 3.44. The smallest absolute Gasteiger partial charge is 0.410 e. The van der Waals surface area contributed by atoms with Gasteiger partial charge in [-0.2, -0.15) is 0 Å². The predicted octanol–water partition coefficient (Wildman–Crippen LogP) is 2.60. The van der Waals surface area contributed by atoms with Gasteiger partial charge >= 0.3 is 6.09 Å². The Morgan fingerprint density at radius 1 is 1.38 bits per heavy atom. The lowest BCUT2D eigenvalue weighted by Crippen LogP contribution is -2.53. The van der Waals surface area contributed by atoms with Gasteiger partial charge in [0.05, 0.1) is 13.2 Å². The van der Waals surface area contributed by atoms with Crippen LogP contribution < -0.4 is 4.74 Å². The first-order chi connectivity index (χ1) is 9.80. The summed E-state index contributed by atoms with van der Waals surface area (Å²) in [4.78, 5) is 13.5. The first-order valence-electron chi connectivity index (χ1n) is 7.10. The molecule has 1 aliphatic rings. The van der Waals surface area contributed by atoms with Crippen molar-refractivity contribution >= 4 is 6.09 Å². The highest BCUT2D eigenvalue weighted by atomic mass is 16.6. The van der Waals surface area contributed by atoms with Gasteiger partial charge in [0, 0.05) is 19.0 Å². The van der Waals surface area contributed by atoms with Gasteiger partial charge in [-0.25, -0.2) is 4.79 Å². The molecule has 5 nitrogen and oxygen atoms in total. The van der Waals surface area contributed by atoms with Crippen molar-refractivity contribution in [2.24, 2.45) is 5.92 Å². The lowest BCUT2D eigenvalue weighted by atomic mass is 9.89. The van der Waals surface area contributed by atoms with Crippen molar-refractivity contribution in [2.45, 2.75) is 32.5 Å². The van der Waals surface area contributed by atoms with Crippen molar-refractivity contribution in [2.75, 3.05) is 20.2 Å². The Morgan fingerprint density at radius 3 is 2.62 bits per heavy atom. The van der Waals surface area contributed by atoms with Gasteiger partial charge in [0.25, 0.3) is 0 Å². The minimum Gasteiger partial charge on any atom is -0.497 e. The van der Waals surface area contributed by atoms with Crippen molar-refractivity contribution < 1.29 is 19.4 Å². The fraction of sp³-hybridized carbons (Fsp3) is 0.562. The Labute approximate surface area is 125 Å².